The monoisotopic (exact) mass is 663 g/mol. The molecule has 10 aromatic rings. The van der Waals surface area contributed by atoms with Crippen LogP contribution in [0.3, 0.4) is 0 Å². The van der Waals surface area contributed by atoms with E-state index in [2.05, 4.69) is 143 Å². The van der Waals surface area contributed by atoms with Crippen molar-refractivity contribution < 1.29 is 0 Å². The quantitative estimate of drug-likeness (QED) is 0.184. The average molecular weight is 664 g/mol. The Kier molecular flexibility index (Phi) is 6.80. The van der Waals surface area contributed by atoms with E-state index in [1.165, 1.54) is 27.1 Å². The van der Waals surface area contributed by atoms with Crippen molar-refractivity contribution in [3.63, 3.8) is 0 Å². The summed E-state index contributed by atoms with van der Waals surface area (Å²) in [6.07, 6.45) is 0. The van der Waals surface area contributed by atoms with Gasteiger partial charge in [-0.25, -0.2) is 9.97 Å². The van der Waals surface area contributed by atoms with E-state index in [1.54, 1.807) is 0 Å². The van der Waals surface area contributed by atoms with Gasteiger partial charge in [0.2, 0.25) is 0 Å². The highest BCUT2D eigenvalue weighted by molar-refractivity contribution is 6.26. The molecule has 0 saturated carbocycles. The molecule has 242 valence electrons. The molecule has 0 bridgehead atoms. The van der Waals surface area contributed by atoms with Gasteiger partial charge in [0.15, 0.2) is 5.82 Å². The van der Waals surface area contributed by atoms with E-state index in [9.17, 15) is 5.26 Å². The van der Waals surface area contributed by atoms with E-state index in [-0.39, 0.29) is 0 Å². The summed E-state index contributed by atoms with van der Waals surface area (Å²) in [5, 5.41) is 14.8. The van der Waals surface area contributed by atoms with E-state index < -0.39 is 0 Å². The average Bonchev–Trinajstić information content (AvgIpc) is 3.74. The molecule has 7 aromatic carbocycles. The Labute approximate surface area is 299 Å². The predicted octanol–water partition coefficient (Wildman–Crippen LogP) is 11.5. The molecule has 0 spiro atoms. The summed E-state index contributed by atoms with van der Waals surface area (Å²) in [6, 6.07) is 63.1. The number of rotatable bonds is 5. The molecule has 10 rings (SSSR count). The molecular formula is C47H29N5. The largest absolute Gasteiger partial charge is 0.309 e. The van der Waals surface area contributed by atoms with Gasteiger partial charge in [0.25, 0.3) is 0 Å². The van der Waals surface area contributed by atoms with Crippen LogP contribution in [-0.4, -0.2) is 19.1 Å². The fraction of sp³-hybridized carbons (Fsp3) is 0. The zero-order valence-electron chi connectivity index (χ0n) is 28.0. The van der Waals surface area contributed by atoms with E-state index in [1.807, 2.05) is 48.5 Å². The maximum absolute atomic E-state index is 9.97. The number of para-hydroxylation sites is 3. The number of nitrogens with zero attached hydrogens (tertiary/aromatic N) is 5. The second kappa shape index (κ2) is 11.9. The third-order valence-corrected chi connectivity index (χ3v) is 9.97. The minimum absolute atomic E-state index is 0.520. The number of aromatic nitrogens is 4. The molecule has 52 heavy (non-hydrogen) atoms. The van der Waals surface area contributed by atoms with Gasteiger partial charge in [-0.15, -0.1) is 0 Å². The Morgan fingerprint density at radius 2 is 1.06 bits per heavy atom. The molecule has 5 heteroatoms. The third-order valence-electron chi connectivity index (χ3n) is 9.97. The van der Waals surface area contributed by atoms with Gasteiger partial charge in [-0.1, -0.05) is 115 Å². The molecule has 0 atom stereocenters. The molecule has 3 heterocycles. The Morgan fingerprint density at radius 1 is 0.442 bits per heavy atom. The summed E-state index contributed by atoms with van der Waals surface area (Å²) < 4.78 is 4.78. The van der Waals surface area contributed by atoms with Gasteiger partial charge >= 0.3 is 0 Å². The SMILES string of the molecule is N#Cc1ccccc1-c1nc(-c2ccccc2)cc(-c2cccc(-n3c4ccccc4c4ccc5c(c6ccccc6n5-c5ccccc5)c43)c2)n1. The van der Waals surface area contributed by atoms with Gasteiger partial charge in [-0.05, 0) is 60.7 Å². The van der Waals surface area contributed by atoms with Gasteiger partial charge in [-0.3, -0.25) is 0 Å². The molecule has 0 amide bonds. The van der Waals surface area contributed by atoms with Crippen LogP contribution >= 0.6 is 0 Å². The summed E-state index contributed by atoms with van der Waals surface area (Å²) in [6.45, 7) is 0. The van der Waals surface area contributed by atoms with Crippen LogP contribution in [0.15, 0.2) is 176 Å². The lowest BCUT2D eigenvalue weighted by Crippen LogP contribution is -1.99. The molecule has 0 aliphatic heterocycles. The number of fused-ring (bicyclic) bond motifs is 7. The topological polar surface area (TPSA) is 59.4 Å². The summed E-state index contributed by atoms with van der Waals surface area (Å²) in [5.74, 6) is 0.520. The van der Waals surface area contributed by atoms with Crippen molar-refractivity contribution in [2.75, 3.05) is 0 Å². The van der Waals surface area contributed by atoms with Crippen molar-refractivity contribution in [3.05, 3.63) is 181 Å². The Morgan fingerprint density at radius 3 is 1.85 bits per heavy atom. The molecule has 0 aliphatic carbocycles. The number of hydrogen-bond donors (Lipinski definition) is 0. The first-order chi connectivity index (χ1) is 25.8. The van der Waals surface area contributed by atoms with Crippen molar-refractivity contribution in [2.24, 2.45) is 0 Å². The first kappa shape index (κ1) is 29.6. The van der Waals surface area contributed by atoms with Crippen LogP contribution in [0.2, 0.25) is 0 Å². The van der Waals surface area contributed by atoms with Crippen LogP contribution in [0.4, 0.5) is 0 Å². The van der Waals surface area contributed by atoms with Gasteiger partial charge in [0.05, 0.1) is 45.1 Å². The van der Waals surface area contributed by atoms with Crippen LogP contribution in [0.25, 0.3) is 88.9 Å². The van der Waals surface area contributed by atoms with Crippen molar-refractivity contribution in [2.45, 2.75) is 0 Å². The third kappa shape index (κ3) is 4.63. The smallest absolute Gasteiger partial charge is 0.161 e. The van der Waals surface area contributed by atoms with Crippen molar-refractivity contribution in [1.82, 2.24) is 19.1 Å². The molecule has 5 nitrogen and oxygen atoms in total. The molecule has 0 aliphatic rings. The Bertz CT molecular complexity index is 3020. The fourth-order valence-electron chi connectivity index (χ4n) is 7.68. The molecule has 0 radical (unpaired) electrons. The summed E-state index contributed by atoms with van der Waals surface area (Å²) in [7, 11) is 0. The predicted molar refractivity (Wildman–Crippen MR) is 212 cm³/mol. The van der Waals surface area contributed by atoms with Gasteiger partial charge in [0.1, 0.15) is 0 Å². The van der Waals surface area contributed by atoms with E-state index in [0.717, 1.165) is 50.4 Å². The molecule has 3 aromatic heterocycles. The number of nitriles is 1. The first-order valence-electron chi connectivity index (χ1n) is 17.3. The zero-order valence-corrected chi connectivity index (χ0v) is 28.0. The second-order valence-electron chi connectivity index (χ2n) is 12.9. The van der Waals surface area contributed by atoms with Crippen LogP contribution in [0.1, 0.15) is 5.56 Å². The van der Waals surface area contributed by atoms with Gasteiger partial charge < -0.3 is 9.13 Å². The van der Waals surface area contributed by atoms with Crippen molar-refractivity contribution in [1.29, 1.82) is 5.26 Å². The number of benzene rings is 7. The molecule has 0 unspecified atom stereocenters. The van der Waals surface area contributed by atoms with Crippen LogP contribution in [-0.2, 0) is 0 Å². The lowest BCUT2D eigenvalue weighted by atomic mass is 10.0. The second-order valence-corrected chi connectivity index (χ2v) is 12.9. The highest BCUT2D eigenvalue weighted by atomic mass is 15.0. The van der Waals surface area contributed by atoms with Crippen molar-refractivity contribution >= 4 is 43.6 Å². The minimum Gasteiger partial charge on any atom is -0.309 e. The summed E-state index contributed by atoms with van der Waals surface area (Å²) in [4.78, 5) is 10.1. The lowest BCUT2D eigenvalue weighted by molar-refractivity contribution is 1.16. The maximum atomic E-state index is 9.97. The summed E-state index contributed by atoms with van der Waals surface area (Å²) in [5.41, 5.74) is 11.6. The van der Waals surface area contributed by atoms with Crippen LogP contribution < -0.4 is 0 Å². The molecular weight excluding hydrogens is 635 g/mol. The molecule has 0 N–H and O–H groups in total. The van der Waals surface area contributed by atoms with Gasteiger partial charge in [-0.2, -0.15) is 5.26 Å². The van der Waals surface area contributed by atoms with E-state index >= 15 is 0 Å². The number of hydrogen-bond acceptors (Lipinski definition) is 3. The minimum atomic E-state index is 0.520. The van der Waals surface area contributed by atoms with E-state index in [4.69, 9.17) is 9.97 Å². The fourth-order valence-corrected chi connectivity index (χ4v) is 7.68. The maximum Gasteiger partial charge on any atom is 0.161 e. The molecule has 0 saturated heterocycles. The van der Waals surface area contributed by atoms with Crippen molar-refractivity contribution in [3.8, 4) is 51.3 Å². The Hall–Kier alpha value is -7.29. The zero-order chi connectivity index (χ0) is 34.6. The van der Waals surface area contributed by atoms with Crippen LogP contribution in [0.5, 0.6) is 0 Å². The van der Waals surface area contributed by atoms with Crippen LogP contribution in [0, 0.1) is 11.3 Å². The van der Waals surface area contributed by atoms with E-state index in [0.29, 0.717) is 17.0 Å². The Balaban J connectivity index is 1.25. The van der Waals surface area contributed by atoms with Gasteiger partial charge in [0, 0.05) is 49.6 Å². The first-order valence-corrected chi connectivity index (χ1v) is 17.3. The molecule has 0 fully saturated rings. The summed E-state index contributed by atoms with van der Waals surface area (Å²) >= 11 is 0. The standard InChI is InChI=1S/C47H29N5/c48-30-33-16-7-8-21-36(33)47-49-40(31-14-3-1-4-15-31)29-41(50-47)32-17-13-20-35(28-32)52-42-24-11-9-22-37(42)38-26-27-44-45(46(38)52)39-23-10-12-25-43(39)51(44)34-18-5-2-6-19-34/h1-29H. The normalized spacial score (nSPS) is 11.4. The lowest BCUT2D eigenvalue weighted by Gasteiger charge is -2.13. The highest BCUT2D eigenvalue weighted by Crippen LogP contribution is 2.42. The highest BCUT2D eigenvalue weighted by Gasteiger charge is 2.21.